The second kappa shape index (κ2) is 5.05. The highest BCUT2D eigenvalue weighted by molar-refractivity contribution is 4.98. The van der Waals surface area contributed by atoms with Crippen molar-refractivity contribution in [2.75, 3.05) is 13.1 Å². The molecule has 0 radical (unpaired) electrons. The molecule has 16 heavy (non-hydrogen) atoms. The van der Waals surface area contributed by atoms with E-state index in [0.29, 0.717) is 12.0 Å². The molecule has 1 heterocycles. The van der Waals surface area contributed by atoms with Gasteiger partial charge in [0.2, 0.25) is 0 Å². The lowest BCUT2D eigenvalue weighted by molar-refractivity contribution is -0.108. The number of aliphatic hydroxyl groups is 1. The van der Waals surface area contributed by atoms with Gasteiger partial charge in [0.25, 0.3) is 0 Å². The zero-order valence-electron chi connectivity index (χ0n) is 10.9. The molecule has 0 aromatic heterocycles. The van der Waals surface area contributed by atoms with Gasteiger partial charge in [-0.05, 0) is 44.7 Å². The van der Waals surface area contributed by atoms with Gasteiger partial charge < -0.3 is 5.11 Å². The molecular formula is C14H27NO. The molecule has 2 fully saturated rings. The quantitative estimate of drug-likeness (QED) is 0.781. The number of hydrogen-bond acceptors (Lipinski definition) is 2. The molecule has 0 aromatic rings. The Morgan fingerprint density at radius 1 is 1.06 bits per heavy atom. The molecule has 1 N–H and O–H groups in total. The summed E-state index contributed by atoms with van der Waals surface area (Å²) in [6, 6.07) is 0.432. The zero-order chi connectivity index (χ0) is 11.6. The summed E-state index contributed by atoms with van der Waals surface area (Å²) in [7, 11) is 0. The van der Waals surface area contributed by atoms with Crippen LogP contribution in [0.25, 0.3) is 0 Å². The van der Waals surface area contributed by atoms with Crippen molar-refractivity contribution in [1.82, 2.24) is 4.90 Å². The fourth-order valence-electron chi connectivity index (χ4n) is 3.56. The lowest BCUT2D eigenvalue weighted by atomic mass is 9.72. The molecule has 0 amide bonds. The third-order valence-corrected chi connectivity index (χ3v) is 4.71. The van der Waals surface area contributed by atoms with Crippen molar-refractivity contribution >= 4 is 0 Å². The van der Waals surface area contributed by atoms with Crippen molar-refractivity contribution in [2.45, 2.75) is 70.4 Å². The Bertz CT molecular complexity index is 223. The van der Waals surface area contributed by atoms with Gasteiger partial charge >= 0.3 is 0 Å². The van der Waals surface area contributed by atoms with E-state index in [1.165, 1.54) is 51.6 Å². The molecule has 0 spiro atoms. The van der Waals surface area contributed by atoms with Gasteiger partial charge in [0, 0.05) is 6.04 Å². The summed E-state index contributed by atoms with van der Waals surface area (Å²) in [5.74, 6) is 0.389. The van der Waals surface area contributed by atoms with Crippen LogP contribution in [0.2, 0.25) is 0 Å². The van der Waals surface area contributed by atoms with E-state index < -0.39 is 5.60 Å². The molecule has 2 rings (SSSR count). The molecule has 2 heteroatoms. The lowest BCUT2D eigenvalue weighted by Crippen LogP contribution is -2.58. The van der Waals surface area contributed by atoms with Crippen molar-refractivity contribution in [3.8, 4) is 0 Å². The van der Waals surface area contributed by atoms with E-state index in [9.17, 15) is 5.11 Å². The van der Waals surface area contributed by atoms with Crippen LogP contribution in [-0.4, -0.2) is 34.7 Å². The van der Waals surface area contributed by atoms with E-state index in [2.05, 4.69) is 18.7 Å². The summed E-state index contributed by atoms with van der Waals surface area (Å²) in [4.78, 5) is 2.57. The van der Waals surface area contributed by atoms with Crippen LogP contribution in [0.3, 0.4) is 0 Å². The fourth-order valence-corrected chi connectivity index (χ4v) is 3.56. The number of hydrogen-bond donors (Lipinski definition) is 1. The molecule has 2 atom stereocenters. The standard InChI is InChI=1S/C14H27NO/c1-12(2)14(16)9-5-4-8-13(14)15-10-6-3-7-11-15/h12-13,16H,3-11H2,1-2H3/t13-,14+/m0/s1. The average Bonchev–Trinajstić information content (AvgIpc) is 2.30. The minimum absolute atomic E-state index is 0.389. The Morgan fingerprint density at radius 3 is 2.38 bits per heavy atom. The fraction of sp³-hybridized carbons (Fsp3) is 1.00. The van der Waals surface area contributed by atoms with Gasteiger partial charge in [0.1, 0.15) is 0 Å². The minimum Gasteiger partial charge on any atom is -0.388 e. The van der Waals surface area contributed by atoms with Gasteiger partial charge in [-0.3, -0.25) is 4.90 Å². The summed E-state index contributed by atoms with van der Waals surface area (Å²) in [6.45, 7) is 6.78. The number of rotatable bonds is 2. The molecule has 1 saturated heterocycles. The van der Waals surface area contributed by atoms with Gasteiger partial charge in [0.15, 0.2) is 0 Å². The first-order chi connectivity index (χ1) is 7.64. The Labute approximate surface area is 100 Å². The maximum atomic E-state index is 10.9. The third kappa shape index (κ3) is 2.28. The second-order valence-corrected chi connectivity index (χ2v) is 6.00. The van der Waals surface area contributed by atoms with Crippen LogP contribution < -0.4 is 0 Å². The van der Waals surface area contributed by atoms with Crippen LogP contribution >= 0.6 is 0 Å². The first-order valence-corrected chi connectivity index (χ1v) is 7.11. The molecule has 0 bridgehead atoms. The van der Waals surface area contributed by atoms with E-state index in [4.69, 9.17) is 0 Å². The molecule has 0 unspecified atom stereocenters. The molecule has 0 aromatic carbocycles. The maximum absolute atomic E-state index is 10.9. The summed E-state index contributed by atoms with van der Waals surface area (Å²) < 4.78 is 0. The van der Waals surface area contributed by atoms with Crippen molar-refractivity contribution in [1.29, 1.82) is 0 Å². The highest BCUT2D eigenvalue weighted by Gasteiger charge is 2.44. The van der Waals surface area contributed by atoms with Gasteiger partial charge in [-0.15, -0.1) is 0 Å². The number of likely N-dealkylation sites (tertiary alicyclic amines) is 1. The van der Waals surface area contributed by atoms with Crippen LogP contribution in [0.5, 0.6) is 0 Å². The highest BCUT2D eigenvalue weighted by Crippen LogP contribution is 2.38. The van der Waals surface area contributed by atoms with Crippen LogP contribution in [0.4, 0.5) is 0 Å². The van der Waals surface area contributed by atoms with Gasteiger partial charge in [-0.2, -0.15) is 0 Å². The predicted octanol–water partition coefficient (Wildman–Crippen LogP) is 2.80. The van der Waals surface area contributed by atoms with Crippen molar-refractivity contribution in [3.63, 3.8) is 0 Å². The highest BCUT2D eigenvalue weighted by atomic mass is 16.3. The summed E-state index contributed by atoms with van der Waals surface area (Å²) >= 11 is 0. The zero-order valence-corrected chi connectivity index (χ0v) is 10.9. The SMILES string of the molecule is CC(C)[C@]1(O)CCCC[C@@H]1N1CCCCC1. The Balaban J connectivity index is 2.09. The maximum Gasteiger partial charge on any atom is 0.0824 e. The lowest BCUT2D eigenvalue weighted by Gasteiger charge is -2.49. The number of nitrogens with zero attached hydrogens (tertiary/aromatic N) is 1. The van der Waals surface area contributed by atoms with Crippen molar-refractivity contribution in [3.05, 3.63) is 0 Å². The predicted molar refractivity (Wildman–Crippen MR) is 67.5 cm³/mol. The molecule has 94 valence electrons. The molecule has 1 aliphatic carbocycles. The van der Waals surface area contributed by atoms with Gasteiger partial charge in [0.05, 0.1) is 5.60 Å². The molecule has 1 saturated carbocycles. The van der Waals surface area contributed by atoms with Crippen LogP contribution in [-0.2, 0) is 0 Å². The summed E-state index contributed by atoms with van der Waals surface area (Å²) in [5, 5.41) is 10.9. The van der Waals surface area contributed by atoms with Crippen molar-refractivity contribution < 1.29 is 5.11 Å². The number of piperidine rings is 1. The van der Waals surface area contributed by atoms with Gasteiger partial charge in [-0.25, -0.2) is 0 Å². The smallest absolute Gasteiger partial charge is 0.0824 e. The third-order valence-electron chi connectivity index (χ3n) is 4.71. The van der Waals surface area contributed by atoms with Crippen molar-refractivity contribution in [2.24, 2.45) is 5.92 Å². The van der Waals surface area contributed by atoms with E-state index in [0.717, 1.165) is 6.42 Å². The summed E-state index contributed by atoms with van der Waals surface area (Å²) in [6.07, 6.45) is 8.74. The van der Waals surface area contributed by atoms with Crippen LogP contribution in [0.1, 0.15) is 58.8 Å². The van der Waals surface area contributed by atoms with Crippen LogP contribution in [0, 0.1) is 5.92 Å². The van der Waals surface area contributed by atoms with E-state index in [1.807, 2.05) is 0 Å². The van der Waals surface area contributed by atoms with Gasteiger partial charge in [-0.1, -0.05) is 33.1 Å². The Hall–Kier alpha value is -0.0800. The average molecular weight is 225 g/mol. The normalized spacial score (nSPS) is 37.9. The molecule has 2 nitrogen and oxygen atoms in total. The molecule has 1 aliphatic heterocycles. The molecular weight excluding hydrogens is 198 g/mol. The first kappa shape index (κ1) is 12.4. The van der Waals surface area contributed by atoms with E-state index in [-0.39, 0.29) is 0 Å². The Morgan fingerprint density at radius 2 is 1.75 bits per heavy atom. The summed E-state index contributed by atoms with van der Waals surface area (Å²) in [5.41, 5.74) is -0.421. The monoisotopic (exact) mass is 225 g/mol. The second-order valence-electron chi connectivity index (χ2n) is 6.00. The largest absolute Gasteiger partial charge is 0.388 e. The Kier molecular flexibility index (Phi) is 3.91. The minimum atomic E-state index is -0.421. The van der Waals surface area contributed by atoms with E-state index >= 15 is 0 Å². The topological polar surface area (TPSA) is 23.5 Å². The molecule has 2 aliphatic rings. The first-order valence-electron chi connectivity index (χ1n) is 7.11. The van der Waals surface area contributed by atoms with E-state index in [1.54, 1.807) is 0 Å². The van der Waals surface area contributed by atoms with Crippen LogP contribution in [0.15, 0.2) is 0 Å².